The van der Waals surface area contributed by atoms with Gasteiger partial charge in [-0.15, -0.1) is 0 Å². The van der Waals surface area contributed by atoms with Crippen molar-refractivity contribution in [2.75, 3.05) is 25.0 Å². The number of nitrogens with zero attached hydrogens (tertiary/aromatic N) is 1. The highest BCUT2D eigenvalue weighted by Crippen LogP contribution is 2.19. The number of likely N-dealkylation sites (tertiary alicyclic amines) is 1. The Labute approximate surface area is 141 Å². The second-order valence-electron chi connectivity index (χ2n) is 6.28. The first-order valence-electron chi connectivity index (χ1n) is 8.31. The van der Waals surface area contributed by atoms with E-state index in [2.05, 4.69) is 10.2 Å². The van der Waals surface area contributed by atoms with Crippen LogP contribution in [0.25, 0.3) is 0 Å². The number of rotatable bonds is 7. The summed E-state index contributed by atoms with van der Waals surface area (Å²) in [5.41, 5.74) is 1.09. The van der Waals surface area contributed by atoms with Gasteiger partial charge in [-0.3, -0.25) is 14.4 Å². The van der Waals surface area contributed by atoms with Crippen LogP contribution in [0.5, 0.6) is 0 Å². The summed E-state index contributed by atoms with van der Waals surface area (Å²) in [5, 5.41) is 11.8. The van der Waals surface area contributed by atoms with Crippen molar-refractivity contribution in [1.82, 2.24) is 4.90 Å². The molecule has 0 spiro atoms. The molecule has 2 N–H and O–H groups in total. The summed E-state index contributed by atoms with van der Waals surface area (Å²) in [5.74, 6) is -1.84. The van der Waals surface area contributed by atoms with E-state index in [0.29, 0.717) is 17.8 Å². The zero-order valence-corrected chi connectivity index (χ0v) is 14.0. The fourth-order valence-corrected chi connectivity index (χ4v) is 3.06. The molecular weight excluding hydrogens is 308 g/mol. The third kappa shape index (κ3) is 5.45. The average molecular weight is 332 g/mol. The van der Waals surface area contributed by atoms with E-state index in [-0.39, 0.29) is 18.1 Å². The predicted octanol–water partition coefficient (Wildman–Crippen LogP) is 2.40. The summed E-state index contributed by atoms with van der Waals surface area (Å²) >= 11 is 0. The zero-order valence-electron chi connectivity index (χ0n) is 14.0. The smallest absolute Gasteiger partial charge is 0.304 e. The molecule has 0 saturated carbocycles. The summed E-state index contributed by atoms with van der Waals surface area (Å²) < 4.78 is 0. The molecule has 6 nitrogen and oxygen atoms in total. The molecule has 0 aliphatic carbocycles. The van der Waals surface area contributed by atoms with Gasteiger partial charge in [-0.1, -0.05) is 6.42 Å². The highest BCUT2D eigenvalue weighted by Gasteiger charge is 2.26. The number of aliphatic carboxylic acids is 1. The minimum atomic E-state index is -0.958. The molecule has 1 atom stereocenters. The molecule has 1 unspecified atom stereocenters. The SMILES string of the molecule is CC(=O)Nc1ccc(C(=O)C(CC(=O)O)CN2CCCCC2)cc1. The molecule has 1 saturated heterocycles. The van der Waals surface area contributed by atoms with Gasteiger partial charge in [0.25, 0.3) is 0 Å². The molecule has 1 aromatic carbocycles. The number of piperidine rings is 1. The number of carboxylic acid groups (broad SMARTS) is 1. The van der Waals surface area contributed by atoms with Crippen LogP contribution in [0.3, 0.4) is 0 Å². The Morgan fingerprint density at radius 2 is 1.75 bits per heavy atom. The summed E-state index contributed by atoms with van der Waals surface area (Å²) in [7, 11) is 0. The first-order chi connectivity index (χ1) is 11.5. The summed E-state index contributed by atoms with van der Waals surface area (Å²) in [6.45, 7) is 3.74. The summed E-state index contributed by atoms with van der Waals surface area (Å²) in [4.78, 5) is 37.1. The molecular formula is C18H24N2O4. The minimum Gasteiger partial charge on any atom is -0.481 e. The van der Waals surface area contributed by atoms with Crippen molar-refractivity contribution in [1.29, 1.82) is 0 Å². The van der Waals surface area contributed by atoms with E-state index in [0.717, 1.165) is 25.9 Å². The van der Waals surface area contributed by atoms with Crippen LogP contribution in [0.2, 0.25) is 0 Å². The Morgan fingerprint density at radius 1 is 1.12 bits per heavy atom. The fraction of sp³-hybridized carbons (Fsp3) is 0.500. The molecule has 1 aliphatic rings. The topological polar surface area (TPSA) is 86.7 Å². The second kappa shape index (κ2) is 8.59. The maximum atomic E-state index is 12.7. The van der Waals surface area contributed by atoms with Crippen molar-refractivity contribution in [2.45, 2.75) is 32.6 Å². The van der Waals surface area contributed by atoms with Gasteiger partial charge in [0.05, 0.1) is 6.42 Å². The lowest BCUT2D eigenvalue weighted by Gasteiger charge is -2.29. The lowest BCUT2D eigenvalue weighted by Crippen LogP contribution is -2.37. The van der Waals surface area contributed by atoms with Crippen LogP contribution < -0.4 is 5.32 Å². The minimum absolute atomic E-state index is 0.155. The van der Waals surface area contributed by atoms with Gasteiger partial charge < -0.3 is 15.3 Å². The van der Waals surface area contributed by atoms with Crippen LogP contribution in [-0.2, 0) is 9.59 Å². The lowest BCUT2D eigenvalue weighted by molar-refractivity contribution is -0.138. The highest BCUT2D eigenvalue weighted by molar-refractivity contribution is 6.00. The van der Waals surface area contributed by atoms with Gasteiger partial charge in [-0.05, 0) is 50.2 Å². The van der Waals surface area contributed by atoms with Crippen molar-refractivity contribution < 1.29 is 19.5 Å². The van der Waals surface area contributed by atoms with Crippen molar-refractivity contribution in [2.24, 2.45) is 5.92 Å². The predicted molar refractivity (Wildman–Crippen MR) is 91.1 cm³/mol. The van der Waals surface area contributed by atoms with Gasteiger partial charge in [0.2, 0.25) is 5.91 Å². The number of ketones is 1. The van der Waals surface area contributed by atoms with Crippen LogP contribution in [0.4, 0.5) is 5.69 Å². The van der Waals surface area contributed by atoms with E-state index in [1.165, 1.54) is 13.3 Å². The number of Topliss-reactive ketones (excluding diaryl/α,β-unsaturated/α-hetero) is 1. The standard InChI is InChI=1S/C18H24N2O4/c1-13(21)19-16-7-5-14(6-8-16)18(24)15(11-17(22)23)12-20-9-3-2-4-10-20/h5-8,15H,2-4,9-12H2,1H3,(H,19,21)(H,22,23). The normalized spacial score (nSPS) is 16.4. The van der Waals surface area contributed by atoms with E-state index < -0.39 is 11.9 Å². The number of carbonyl (C=O) groups is 3. The molecule has 1 aliphatic heterocycles. The molecule has 0 bridgehead atoms. The number of carboxylic acids is 1. The van der Waals surface area contributed by atoms with Crippen molar-refractivity contribution in [3.05, 3.63) is 29.8 Å². The number of benzene rings is 1. The Bertz CT molecular complexity index is 592. The molecule has 130 valence electrons. The maximum absolute atomic E-state index is 12.7. The highest BCUT2D eigenvalue weighted by atomic mass is 16.4. The molecule has 0 radical (unpaired) electrons. The molecule has 1 heterocycles. The molecule has 2 rings (SSSR count). The van der Waals surface area contributed by atoms with Gasteiger partial charge in [0.15, 0.2) is 5.78 Å². The fourth-order valence-electron chi connectivity index (χ4n) is 3.06. The third-order valence-corrected chi connectivity index (χ3v) is 4.21. The number of hydrogen-bond acceptors (Lipinski definition) is 4. The number of hydrogen-bond donors (Lipinski definition) is 2. The van der Waals surface area contributed by atoms with Crippen LogP contribution in [0.1, 0.15) is 43.0 Å². The summed E-state index contributed by atoms with van der Waals surface area (Å²) in [6.07, 6.45) is 3.22. The Kier molecular flexibility index (Phi) is 6.49. The number of amides is 1. The number of carbonyl (C=O) groups excluding carboxylic acids is 2. The molecule has 24 heavy (non-hydrogen) atoms. The van der Waals surface area contributed by atoms with Gasteiger partial charge in [-0.2, -0.15) is 0 Å². The van der Waals surface area contributed by atoms with Crippen molar-refractivity contribution in [3.8, 4) is 0 Å². The summed E-state index contributed by atoms with van der Waals surface area (Å²) in [6, 6.07) is 6.60. The molecule has 1 fully saturated rings. The van der Waals surface area contributed by atoms with Gasteiger partial charge in [0.1, 0.15) is 0 Å². The first kappa shape index (κ1) is 18.1. The molecule has 6 heteroatoms. The Balaban J connectivity index is 2.07. The molecule has 1 aromatic rings. The maximum Gasteiger partial charge on any atom is 0.304 e. The van der Waals surface area contributed by atoms with E-state index in [1.54, 1.807) is 24.3 Å². The Morgan fingerprint density at radius 3 is 2.29 bits per heavy atom. The van der Waals surface area contributed by atoms with E-state index in [1.807, 2.05) is 0 Å². The lowest BCUT2D eigenvalue weighted by atomic mass is 9.93. The number of nitrogens with one attached hydrogen (secondary N) is 1. The van der Waals surface area contributed by atoms with Crippen molar-refractivity contribution in [3.63, 3.8) is 0 Å². The third-order valence-electron chi connectivity index (χ3n) is 4.21. The van der Waals surface area contributed by atoms with E-state index in [9.17, 15) is 14.4 Å². The zero-order chi connectivity index (χ0) is 17.5. The monoisotopic (exact) mass is 332 g/mol. The largest absolute Gasteiger partial charge is 0.481 e. The molecule has 1 amide bonds. The second-order valence-corrected chi connectivity index (χ2v) is 6.28. The van der Waals surface area contributed by atoms with Crippen LogP contribution >= 0.6 is 0 Å². The van der Waals surface area contributed by atoms with Crippen LogP contribution in [0, 0.1) is 5.92 Å². The molecule has 0 aromatic heterocycles. The average Bonchev–Trinajstić information content (AvgIpc) is 2.54. The van der Waals surface area contributed by atoms with E-state index in [4.69, 9.17) is 5.11 Å². The van der Waals surface area contributed by atoms with Crippen LogP contribution in [0.15, 0.2) is 24.3 Å². The Hall–Kier alpha value is -2.21. The first-order valence-corrected chi connectivity index (χ1v) is 8.31. The quantitative estimate of drug-likeness (QED) is 0.749. The van der Waals surface area contributed by atoms with Gasteiger partial charge in [0, 0.05) is 30.6 Å². The number of anilines is 1. The van der Waals surface area contributed by atoms with Gasteiger partial charge >= 0.3 is 5.97 Å². The van der Waals surface area contributed by atoms with E-state index >= 15 is 0 Å². The van der Waals surface area contributed by atoms with Crippen LogP contribution in [-0.4, -0.2) is 47.3 Å². The van der Waals surface area contributed by atoms with Crippen molar-refractivity contribution >= 4 is 23.3 Å². The van der Waals surface area contributed by atoms with Gasteiger partial charge in [-0.25, -0.2) is 0 Å².